The molecule has 3 aromatic rings. The Morgan fingerprint density at radius 1 is 0.921 bits per heavy atom. The molecule has 10 heteroatoms. The van der Waals surface area contributed by atoms with Crippen LogP contribution in [0.4, 0.5) is 24.5 Å². The molecular formula is C28H24Cl2F3N3O2. The molecule has 0 bridgehead atoms. The lowest BCUT2D eigenvalue weighted by Gasteiger charge is -2.35. The van der Waals surface area contributed by atoms with Gasteiger partial charge in [0.15, 0.2) is 5.75 Å². The fraction of sp³-hybridized carbons (Fsp3) is 0.250. The van der Waals surface area contributed by atoms with Gasteiger partial charge in [-0.2, -0.15) is 0 Å². The van der Waals surface area contributed by atoms with Crippen molar-refractivity contribution in [3.63, 3.8) is 0 Å². The maximum atomic E-state index is 13.4. The number of nitrogens with zero attached hydrogens (tertiary/aromatic N) is 3. The zero-order chi connectivity index (χ0) is 26.9. The molecule has 0 spiro atoms. The van der Waals surface area contributed by atoms with Crippen molar-refractivity contribution < 1.29 is 22.7 Å². The van der Waals surface area contributed by atoms with Gasteiger partial charge in [-0.05, 0) is 47.5 Å². The smallest absolute Gasteiger partial charge is 0.404 e. The third-order valence-electron chi connectivity index (χ3n) is 6.60. The van der Waals surface area contributed by atoms with Crippen molar-refractivity contribution in [2.75, 3.05) is 37.6 Å². The van der Waals surface area contributed by atoms with Crippen LogP contribution in [0.1, 0.15) is 21.5 Å². The maximum absolute atomic E-state index is 13.4. The Morgan fingerprint density at radius 2 is 1.68 bits per heavy atom. The van der Waals surface area contributed by atoms with Crippen molar-refractivity contribution in [1.29, 1.82) is 0 Å². The first-order valence-corrected chi connectivity index (χ1v) is 12.8. The highest BCUT2D eigenvalue weighted by Crippen LogP contribution is 2.40. The molecule has 0 radical (unpaired) electrons. The maximum Gasteiger partial charge on any atom is 0.573 e. The Morgan fingerprint density at radius 3 is 2.42 bits per heavy atom. The van der Waals surface area contributed by atoms with E-state index < -0.39 is 12.1 Å². The molecule has 1 saturated heterocycles. The molecule has 5 nitrogen and oxygen atoms in total. The van der Waals surface area contributed by atoms with Gasteiger partial charge in [0.25, 0.3) is 5.91 Å². The van der Waals surface area contributed by atoms with E-state index >= 15 is 0 Å². The summed E-state index contributed by atoms with van der Waals surface area (Å²) >= 11 is 12.3. The van der Waals surface area contributed by atoms with Crippen molar-refractivity contribution >= 4 is 46.6 Å². The van der Waals surface area contributed by atoms with Gasteiger partial charge >= 0.3 is 6.36 Å². The summed E-state index contributed by atoms with van der Waals surface area (Å²) in [6, 6.07) is 17.0. The number of benzene rings is 3. The standard InChI is InChI=1S/C28H24Cl2F3N3O2/c29-22-9-7-21(23(30)17-22)18-34-12-14-35(15-13-34)27(37)20-8-10-25(26(16-20)38-28(31,32)33)36-11-3-5-19-4-1-2-6-24(19)36/h1-10,16-17H,11-15,18H2. The largest absolute Gasteiger partial charge is 0.573 e. The highest BCUT2D eigenvalue weighted by atomic mass is 35.5. The van der Waals surface area contributed by atoms with Crippen LogP contribution in [0.25, 0.3) is 6.08 Å². The fourth-order valence-electron chi connectivity index (χ4n) is 4.74. The molecule has 2 aliphatic heterocycles. The van der Waals surface area contributed by atoms with Gasteiger partial charge in [0.1, 0.15) is 0 Å². The predicted octanol–water partition coefficient (Wildman–Crippen LogP) is 7.01. The molecule has 5 rings (SSSR count). The van der Waals surface area contributed by atoms with Gasteiger partial charge in [-0.3, -0.25) is 9.69 Å². The number of carbonyl (C=O) groups excluding carboxylic acids is 1. The van der Waals surface area contributed by atoms with Crippen LogP contribution in [0.3, 0.4) is 0 Å². The first kappa shape index (κ1) is 26.4. The lowest BCUT2D eigenvalue weighted by molar-refractivity contribution is -0.274. The van der Waals surface area contributed by atoms with E-state index in [1.165, 1.54) is 12.1 Å². The average molecular weight is 562 g/mol. The van der Waals surface area contributed by atoms with E-state index in [9.17, 15) is 18.0 Å². The van der Waals surface area contributed by atoms with Crippen LogP contribution in [0, 0.1) is 0 Å². The number of hydrogen-bond donors (Lipinski definition) is 0. The first-order valence-electron chi connectivity index (χ1n) is 12.1. The minimum Gasteiger partial charge on any atom is -0.404 e. The number of carbonyl (C=O) groups is 1. The molecule has 38 heavy (non-hydrogen) atoms. The lowest BCUT2D eigenvalue weighted by Crippen LogP contribution is -2.48. The topological polar surface area (TPSA) is 36.0 Å². The van der Waals surface area contributed by atoms with Gasteiger partial charge in [-0.15, -0.1) is 13.2 Å². The zero-order valence-electron chi connectivity index (χ0n) is 20.2. The van der Waals surface area contributed by atoms with E-state index in [0.717, 1.165) is 16.8 Å². The van der Waals surface area contributed by atoms with Crippen molar-refractivity contribution in [3.05, 3.63) is 93.5 Å². The summed E-state index contributed by atoms with van der Waals surface area (Å²) in [5.41, 5.74) is 2.96. The van der Waals surface area contributed by atoms with Crippen molar-refractivity contribution in [2.45, 2.75) is 12.9 Å². The predicted molar refractivity (Wildman–Crippen MR) is 143 cm³/mol. The normalized spacial score (nSPS) is 15.9. The molecular weight excluding hydrogens is 538 g/mol. The minimum atomic E-state index is -4.91. The number of alkyl halides is 3. The summed E-state index contributed by atoms with van der Waals surface area (Å²) < 4.78 is 44.5. The number of ether oxygens (including phenoxy) is 1. The van der Waals surface area contributed by atoms with Crippen LogP contribution in [-0.4, -0.2) is 54.8 Å². The summed E-state index contributed by atoms with van der Waals surface area (Å²) in [4.78, 5) is 18.8. The number of hydrogen-bond acceptors (Lipinski definition) is 4. The van der Waals surface area contributed by atoms with E-state index in [4.69, 9.17) is 23.2 Å². The van der Waals surface area contributed by atoms with Gasteiger partial charge in [0, 0.05) is 60.6 Å². The van der Waals surface area contributed by atoms with Crippen LogP contribution in [-0.2, 0) is 6.54 Å². The summed E-state index contributed by atoms with van der Waals surface area (Å²) in [6.45, 7) is 3.06. The summed E-state index contributed by atoms with van der Waals surface area (Å²) in [6.07, 6.45) is -1.11. The number of amides is 1. The number of halogens is 5. The number of fused-ring (bicyclic) bond motifs is 1. The molecule has 0 N–H and O–H groups in total. The van der Waals surface area contributed by atoms with Crippen molar-refractivity contribution in [1.82, 2.24) is 9.80 Å². The van der Waals surface area contributed by atoms with Crippen molar-refractivity contribution in [2.24, 2.45) is 0 Å². The molecule has 1 amide bonds. The Bertz CT molecular complexity index is 1370. The molecule has 1 fully saturated rings. The lowest BCUT2D eigenvalue weighted by atomic mass is 10.1. The first-order chi connectivity index (χ1) is 18.2. The molecule has 0 atom stereocenters. The highest BCUT2D eigenvalue weighted by molar-refractivity contribution is 6.35. The van der Waals surface area contributed by atoms with Gasteiger partial charge in [0.2, 0.25) is 0 Å². The fourth-order valence-corrected chi connectivity index (χ4v) is 5.21. The molecule has 0 aromatic heterocycles. The van der Waals surface area contributed by atoms with E-state index in [1.54, 1.807) is 28.0 Å². The second kappa shape index (κ2) is 10.9. The minimum absolute atomic E-state index is 0.142. The number of para-hydroxylation sites is 1. The highest BCUT2D eigenvalue weighted by Gasteiger charge is 2.34. The second-order valence-corrected chi connectivity index (χ2v) is 9.95. The molecule has 2 heterocycles. The van der Waals surface area contributed by atoms with Gasteiger partial charge in [-0.25, -0.2) is 0 Å². The molecule has 0 unspecified atom stereocenters. The van der Waals surface area contributed by atoms with E-state index in [2.05, 4.69) is 9.64 Å². The third kappa shape index (κ3) is 5.93. The van der Waals surface area contributed by atoms with Crippen LogP contribution < -0.4 is 9.64 Å². The Hall–Kier alpha value is -3.20. The van der Waals surface area contributed by atoms with Crippen LogP contribution in [0.15, 0.2) is 66.7 Å². The summed E-state index contributed by atoms with van der Waals surface area (Å²) in [5.74, 6) is -0.754. The number of rotatable bonds is 5. The second-order valence-electron chi connectivity index (χ2n) is 9.11. The Kier molecular flexibility index (Phi) is 7.56. The molecule has 0 saturated carbocycles. The van der Waals surface area contributed by atoms with Gasteiger partial charge < -0.3 is 14.5 Å². The van der Waals surface area contributed by atoms with E-state index in [1.807, 2.05) is 42.5 Å². The van der Waals surface area contributed by atoms with E-state index in [-0.39, 0.29) is 17.2 Å². The summed E-state index contributed by atoms with van der Waals surface area (Å²) in [5, 5.41) is 1.15. The Labute approximate surface area is 228 Å². The van der Waals surface area contributed by atoms with Gasteiger partial charge in [-0.1, -0.05) is 59.6 Å². The monoisotopic (exact) mass is 561 g/mol. The van der Waals surface area contributed by atoms with Crippen molar-refractivity contribution in [3.8, 4) is 5.75 Å². The Balaban J connectivity index is 1.33. The quantitative estimate of drug-likeness (QED) is 0.335. The molecule has 198 valence electrons. The zero-order valence-corrected chi connectivity index (χ0v) is 21.7. The molecule has 2 aliphatic rings. The summed E-state index contributed by atoms with van der Waals surface area (Å²) in [7, 11) is 0. The number of anilines is 2. The average Bonchev–Trinajstić information content (AvgIpc) is 2.89. The third-order valence-corrected chi connectivity index (χ3v) is 7.19. The van der Waals surface area contributed by atoms with Crippen LogP contribution >= 0.6 is 23.2 Å². The molecule has 3 aromatic carbocycles. The molecule has 0 aliphatic carbocycles. The van der Waals surface area contributed by atoms with Crippen LogP contribution in [0.5, 0.6) is 5.75 Å². The van der Waals surface area contributed by atoms with Gasteiger partial charge in [0.05, 0.1) is 5.69 Å². The number of piperazine rings is 1. The SMILES string of the molecule is O=C(c1ccc(N2CC=Cc3ccccc32)c(OC(F)(F)F)c1)N1CCN(Cc2ccc(Cl)cc2Cl)CC1. The van der Waals surface area contributed by atoms with Crippen LogP contribution in [0.2, 0.25) is 10.0 Å². The van der Waals surface area contributed by atoms with E-state index in [0.29, 0.717) is 49.3 Å².